The van der Waals surface area contributed by atoms with Gasteiger partial charge in [0, 0.05) is 11.5 Å². The molecule has 0 saturated heterocycles. The van der Waals surface area contributed by atoms with E-state index < -0.39 is 5.97 Å². The van der Waals surface area contributed by atoms with E-state index in [1.165, 1.54) is 6.20 Å². The fraction of sp³-hybridized carbons (Fsp3) is 0.375. The van der Waals surface area contributed by atoms with Crippen molar-refractivity contribution >= 4 is 21.9 Å². The smallest absolute Gasteiger partial charge is 0.376 e. The van der Waals surface area contributed by atoms with Gasteiger partial charge in [-0.05, 0) is 13.0 Å². The first-order chi connectivity index (χ1) is 6.27. The summed E-state index contributed by atoms with van der Waals surface area (Å²) in [6, 6.07) is 1.73. The van der Waals surface area contributed by atoms with Gasteiger partial charge in [0.1, 0.15) is 0 Å². The van der Waals surface area contributed by atoms with Crippen LogP contribution in [-0.4, -0.2) is 22.5 Å². The lowest BCUT2D eigenvalue weighted by Crippen LogP contribution is -2.10. The number of hydrogen-bond acceptors (Lipinski definition) is 4. The summed E-state index contributed by atoms with van der Waals surface area (Å²) in [4.78, 5) is 18.9. The molecule has 0 aliphatic rings. The molecule has 1 aromatic rings. The highest BCUT2D eigenvalue weighted by atomic mass is 79.9. The molecule has 0 saturated carbocycles. The summed E-state index contributed by atoms with van der Waals surface area (Å²) in [5, 5.41) is 0.599. The number of esters is 1. The Morgan fingerprint density at radius 1 is 1.69 bits per heavy atom. The van der Waals surface area contributed by atoms with Gasteiger partial charge in [-0.1, -0.05) is 15.9 Å². The third kappa shape index (κ3) is 2.77. The summed E-state index contributed by atoms with van der Waals surface area (Å²) in [5.74, 6) is -0.371. The Kier molecular flexibility index (Phi) is 3.82. The van der Waals surface area contributed by atoms with Crippen LogP contribution in [-0.2, 0) is 10.1 Å². The quantitative estimate of drug-likeness (QED) is 0.598. The molecule has 1 rings (SSSR count). The Labute approximate surface area is 84.5 Å². The van der Waals surface area contributed by atoms with Gasteiger partial charge in [0.25, 0.3) is 0 Å². The number of rotatable bonds is 3. The van der Waals surface area contributed by atoms with Crippen LogP contribution in [0.5, 0.6) is 0 Å². The molecule has 0 aliphatic carbocycles. The Hall–Kier alpha value is -0.970. The highest BCUT2D eigenvalue weighted by molar-refractivity contribution is 9.08. The van der Waals surface area contributed by atoms with Gasteiger partial charge in [-0.15, -0.1) is 0 Å². The number of halogens is 1. The van der Waals surface area contributed by atoms with E-state index in [0.29, 0.717) is 11.9 Å². The van der Waals surface area contributed by atoms with Gasteiger partial charge in [0.2, 0.25) is 5.82 Å². The van der Waals surface area contributed by atoms with E-state index >= 15 is 0 Å². The second kappa shape index (κ2) is 4.91. The number of carbonyl (C=O) groups excluding carboxylic acids is 1. The number of nitrogens with zero attached hydrogens (tertiary/aromatic N) is 2. The van der Waals surface area contributed by atoms with E-state index in [9.17, 15) is 4.79 Å². The predicted octanol–water partition coefficient (Wildman–Crippen LogP) is 1.55. The molecule has 0 fully saturated rings. The van der Waals surface area contributed by atoms with Crippen LogP contribution in [0.25, 0.3) is 0 Å². The first-order valence-electron chi connectivity index (χ1n) is 3.83. The average molecular weight is 245 g/mol. The topological polar surface area (TPSA) is 52.1 Å². The number of aromatic nitrogens is 2. The van der Waals surface area contributed by atoms with Crippen LogP contribution < -0.4 is 0 Å². The van der Waals surface area contributed by atoms with Gasteiger partial charge < -0.3 is 4.74 Å². The minimum atomic E-state index is -0.481. The Balaban J connectivity index is 2.82. The van der Waals surface area contributed by atoms with Crippen molar-refractivity contribution in [2.45, 2.75) is 12.3 Å². The van der Waals surface area contributed by atoms with Crippen molar-refractivity contribution in [1.29, 1.82) is 0 Å². The summed E-state index contributed by atoms with van der Waals surface area (Å²) in [6.07, 6.45) is 1.54. The van der Waals surface area contributed by atoms with Crippen LogP contribution >= 0.6 is 15.9 Å². The molecule has 1 aromatic heterocycles. The van der Waals surface area contributed by atoms with E-state index in [2.05, 4.69) is 25.9 Å². The Morgan fingerprint density at radius 3 is 3.08 bits per heavy atom. The highest BCUT2D eigenvalue weighted by Crippen LogP contribution is 2.02. The lowest BCUT2D eigenvalue weighted by atomic mass is 10.4. The van der Waals surface area contributed by atoms with Crippen molar-refractivity contribution in [2.24, 2.45) is 0 Å². The van der Waals surface area contributed by atoms with Gasteiger partial charge >= 0.3 is 5.97 Å². The zero-order chi connectivity index (χ0) is 9.68. The van der Waals surface area contributed by atoms with Crippen LogP contribution in [0.1, 0.15) is 23.2 Å². The first kappa shape index (κ1) is 10.1. The Morgan fingerprint density at radius 2 is 2.46 bits per heavy atom. The number of hydrogen-bond donors (Lipinski definition) is 0. The molecule has 0 atom stereocenters. The molecule has 5 heteroatoms. The maximum absolute atomic E-state index is 11.2. The molecule has 70 valence electrons. The zero-order valence-electron chi connectivity index (χ0n) is 7.16. The van der Waals surface area contributed by atoms with Crippen molar-refractivity contribution in [3.63, 3.8) is 0 Å². The van der Waals surface area contributed by atoms with Gasteiger partial charge in [0.05, 0.1) is 12.3 Å². The van der Waals surface area contributed by atoms with Crippen LogP contribution in [0.3, 0.4) is 0 Å². The molecule has 0 N–H and O–H groups in total. The molecule has 0 unspecified atom stereocenters. The maximum atomic E-state index is 11.2. The van der Waals surface area contributed by atoms with E-state index in [1.54, 1.807) is 13.0 Å². The van der Waals surface area contributed by atoms with Crippen LogP contribution in [0, 0.1) is 0 Å². The first-order valence-corrected chi connectivity index (χ1v) is 4.95. The molecule has 0 amide bonds. The molecule has 4 nitrogen and oxygen atoms in total. The van der Waals surface area contributed by atoms with Crippen molar-refractivity contribution < 1.29 is 9.53 Å². The molecule has 0 aromatic carbocycles. The van der Waals surface area contributed by atoms with E-state index in [1.807, 2.05) is 0 Å². The second-order valence-corrected chi connectivity index (χ2v) is 2.79. The van der Waals surface area contributed by atoms with E-state index in [-0.39, 0.29) is 5.82 Å². The molecular formula is C8H9BrN2O2. The third-order valence-electron chi connectivity index (χ3n) is 1.31. The van der Waals surface area contributed by atoms with Crippen molar-refractivity contribution in [3.8, 4) is 0 Å². The highest BCUT2D eigenvalue weighted by Gasteiger charge is 2.09. The number of alkyl halides is 1. The molecule has 0 bridgehead atoms. The van der Waals surface area contributed by atoms with Crippen LogP contribution in [0.4, 0.5) is 0 Å². The lowest BCUT2D eigenvalue weighted by Gasteiger charge is -2.00. The summed E-state index contributed by atoms with van der Waals surface area (Å²) in [7, 11) is 0. The van der Waals surface area contributed by atoms with Gasteiger partial charge in [-0.25, -0.2) is 14.8 Å². The summed E-state index contributed by atoms with van der Waals surface area (Å²) >= 11 is 3.24. The fourth-order valence-electron chi connectivity index (χ4n) is 0.764. The number of carbonyl (C=O) groups is 1. The van der Waals surface area contributed by atoms with Crippen LogP contribution in [0.2, 0.25) is 0 Å². The van der Waals surface area contributed by atoms with Gasteiger partial charge in [-0.2, -0.15) is 0 Å². The van der Waals surface area contributed by atoms with E-state index in [4.69, 9.17) is 4.74 Å². The van der Waals surface area contributed by atoms with Gasteiger partial charge in [-0.3, -0.25) is 0 Å². The molecular weight excluding hydrogens is 236 g/mol. The molecule has 0 aliphatic heterocycles. The fourth-order valence-corrected chi connectivity index (χ4v) is 1.08. The summed E-state index contributed by atoms with van der Waals surface area (Å²) in [6.45, 7) is 2.08. The largest absolute Gasteiger partial charge is 0.460 e. The van der Waals surface area contributed by atoms with E-state index in [0.717, 1.165) is 5.69 Å². The predicted molar refractivity (Wildman–Crippen MR) is 50.6 cm³/mol. The second-order valence-electron chi connectivity index (χ2n) is 2.23. The minimum Gasteiger partial charge on any atom is -0.460 e. The van der Waals surface area contributed by atoms with Crippen molar-refractivity contribution in [2.75, 3.05) is 6.61 Å². The number of ether oxygens (including phenoxy) is 1. The monoisotopic (exact) mass is 244 g/mol. The third-order valence-corrected chi connectivity index (χ3v) is 1.88. The Bertz CT molecular complexity index is 304. The van der Waals surface area contributed by atoms with Crippen molar-refractivity contribution in [1.82, 2.24) is 9.97 Å². The standard InChI is InChI=1S/C8H9BrN2O2/c1-2-13-8(12)7-10-4-3-6(5-9)11-7/h3-4H,2,5H2,1H3. The van der Waals surface area contributed by atoms with Gasteiger partial charge in [0.15, 0.2) is 0 Å². The SMILES string of the molecule is CCOC(=O)c1nccc(CBr)n1. The van der Waals surface area contributed by atoms with Crippen molar-refractivity contribution in [3.05, 3.63) is 23.8 Å². The molecule has 0 radical (unpaired) electrons. The maximum Gasteiger partial charge on any atom is 0.376 e. The minimum absolute atomic E-state index is 0.110. The van der Waals surface area contributed by atoms with Crippen LogP contribution in [0.15, 0.2) is 12.3 Å². The molecule has 1 heterocycles. The lowest BCUT2D eigenvalue weighted by molar-refractivity contribution is 0.0511. The molecule has 13 heavy (non-hydrogen) atoms. The normalized spacial score (nSPS) is 9.69. The zero-order valence-corrected chi connectivity index (χ0v) is 8.74. The molecule has 0 spiro atoms. The average Bonchev–Trinajstić information content (AvgIpc) is 2.18. The summed E-state index contributed by atoms with van der Waals surface area (Å²) in [5.41, 5.74) is 0.762. The summed E-state index contributed by atoms with van der Waals surface area (Å²) < 4.78 is 4.75.